The first-order valence-electron chi connectivity index (χ1n) is 9.88. The maximum absolute atomic E-state index is 13.2. The van der Waals surface area contributed by atoms with Crippen LogP contribution in [-0.2, 0) is 16.0 Å². The minimum absolute atomic E-state index is 0.217. The number of hydrogen-bond acceptors (Lipinski definition) is 2. The second-order valence-electron chi connectivity index (χ2n) is 7.10. The van der Waals surface area contributed by atoms with Crippen molar-refractivity contribution in [3.8, 4) is 0 Å². The van der Waals surface area contributed by atoms with Crippen molar-refractivity contribution in [1.82, 2.24) is 5.32 Å². The zero-order valence-corrected chi connectivity index (χ0v) is 16.3. The van der Waals surface area contributed by atoms with Crippen molar-refractivity contribution in [1.29, 1.82) is 0 Å². The lowest BCUT2D eigenvalue weighted by molar-refractivity contribution is -0.127. The van der Waals surface area contributed by atoms with Crippen LogP contribution in [0, 0.1) is 0 Å². The number of amides is 2. The number of nitrogens with one attached hydrogen (secondary N) is 1. The van der Waals surface area contributed by atoms with Crippen LogP contribution in [0.2, 0.25) is 0 Å². The zero-order chi connectivity index (χ0) is 20.5. The normalized spacial score (nSPS) is 11.8. The van der Waals surface area contributed by atoms with E-state index in [1.54, 1.807) is 0 Å². The van der Waals surface area contributed by atoms with Gasteiger partial charge in [-0.05, 0) is 36.0 Å². The zero-order valence-electron chi connectivity index (χ0n) is 16.3. The molecule has 0 saturated carbocycles. The van der Waals surface area contributed by atoms with Gasteiger partial charge in [-0.2, -0.15) is 0 Å². The molecule has 3 rings (SSSR count). The van der Waals surface area contributed by atoms with E-state index in [2.05, 4.69) is 17.4 Å². The maximum Gasteiger partial charge on any atom is 0.240 e. The standard InChI is InChI=1S/C25H26N2O2/c26-24(28)22(18-10-13-19-11-4-1-5-12-19)27-25(29)23(20-14-6-2-7-15-20)21-16-8-3-9-17-21/h1-9,11-12,14-17,22-23H,10,13,18H2,(H2,26,28)(H,27,29)/t22-/m1/s1. The first-order valence-corrected chi connectivity index (χ1v) is 9.88. The molecule has 0 bridgehead atoms. The first kappa shape index (κ1) is 20.3. The smallest absolute Gasteiger partial charge is 0.240 e. The largest absolute Gasteiger partial charge is 0.368 e. The summed E-state index contributed by atoms with van der Waals surface area (Å²) in [6.45, 7) is 0. The lowest BCUT2D eigenvalue weighted by Crippen LogP contribution is -2.46. The molecule has 4 nitrogen and oxygen atoms in total. The fourth-order valence-corrected chi connectivity index (χ4v) is 3.48. The molecule has 0 aliphatic heterocycles. The van der Waals surface area contributed by atoms with E-state index >= 15 is 0 Å². The number of carbonyl (C=O) groups is 2. The topological polar surface area (TPSA) is 72.2 Å². The fraction of sp³-hybridized carbons (Fsp3) is 0.200. The average molecular weight is 386 g/mol. The summed E-state index contributed by atoms with van der Waals surface area (Å²) in [5, 5.41) is 2.89. The molecule has 3 aromatic rings. The van der Waals surface area contributed by atoms with Crippen LogP contribution in [0.15, 0.2) is 91.0 Å². The third-order valence-electron chi connectivity index (χ3n) is 4.99. The number of benzene rings is 3. The molecule has 0 aromatic heterocycles. The third kappa shape index (κ3) is 5.79. The molecule has 0 saturated heterocycles. The van der Waals surface area contributed by atoms with Gasteiger partial charge >= 0.3 is 0 Å². The fourth-order valence-electron chi connectivity index (χ4n) is 3.48. The summed E-state index contributed by atoms with van der Waals surface area (Å²) < 4.78 is 0. The molecule has 0 spiro atoms. The van der Waals surface area contributed by atoms with Crippen molar-refractivity contribution < 1.29 is 9.59 Å². The predicted octanol–water partition coefficient (Wildman–Crippen LogP) is 3.81. The SMILES string of the molecule is NC(=O)[C@@H](CCCc1ccccc1)NC(=O)C(c1ccccc1)c1ccccc1. The van der Waals surface area contributed by atoms with E-state index in [9.17, 15) is 9.59 Å². The molecule has 0 heterocycles. The molecule has 2 amide bonds. The number of hydrogen-bond donors (Lipinski definition) is 2. The lowest BCUT2D eigenvalue weighted by Gasteiger charge is -2.22. The van der Waals surface area contributed by atoms with Crippen molar-refractivity contribution >= 4 is 11.8 Å². The van der Waals surface area contributed by atoms with Gasteiger partial charge in [-0.1, -0.05) is 91.0 Å². The van der Waals surface area contributed by atoms with Gasteiger partial charge in [-0.3, -0.25) is 9.59 Å². The van der Waals surface area contributed by atoms with E-state index < -0.39 is 17.9 Å². The number of carbonyl (C=O) groups excluding carboxylic acids is 2. The molecule has 3 aromatic carbocycles. The second kappa shape index (κ2) is 10.2. The van der Waals surface area contributed by atoms with Gasteiger partial charge in [0.15, 0.2) is 0 Å². The summed E-state index contributed by atoms with van der Waals surface area (Å²) in [5.74, 6) is -1.22. The van der Waals surface area contributed by atoms with E-state index in [0.29, 0.717) is 6.42 Å². The lowest BCUT2D eigenvalue weighted by atomic mass is 9.90. The Hall–Kier alpha value is -3.40. The van der Waals surface area contributed by atoms with Crippen LogP contribution in [0.5, 0.6) is 0 Å². The van der Waals surface area contributed by atoms with E-state index in [-0.39, 0.29) is 5.91 Å². The van der Waals surface area contributed by atoms with Gasteiger partial charge in [-0.15, -0.1) is 0 Å². The Balaban J connectivity index is 1.71. The van der Waals surface area contributed by atoms with Crippen LogP contribution in [0.4, 0.5) is 0 Å². The van der Waals surface area contributed by atoms with Crippen molar-refractivity contribution in [3.05, 3.63) is 108 Å². The highest BCUT2D eigenvalue weighted by atomic mass is 16.2. The van der Waals surface area contributed by atoms with E-state index in [1.807, 2.05) is 78.9 Å². The predicted molar refractivity (Wildman–Crippen MR) is 115 cm³/mol. The Morgan fingerprint density at radius 3 is 1.72 bits per heavy atom. The van der Waals surface area contributed by atoms with Crippen LogP contribution >= 0.6 is 0 Å². The van der Waals surface area contributed by atoms with Gasteiger partial charge < -0.3 is 11.1 Å². The Labute approximate surface area is 171 Å². The molecule has 0 unspecified atom stereocenters. The molecule has 0 radical (unpaired) electrons. The van der Waals surface area contributed by atoms with Gasteiger partial charge in [-0.25, -0.2) is 0 Å². The monoisotopic (exact) mass is 386 g/mol. The molecule has 0 aliphatic carbocycles. The molecule has 29 heavy (non-hydrogen) atoms. The van der Waals surface area contributed by atoms with Crippen molar-refractivity contribution in [2.24, 2.45) is 5.73 Å². The number of primary amides is 1. The molecule has 0 aliphatic rings. The van der Waals surface area contributed by atoms with E-state index in [0.717, 1.165) is 24.0 Å². The van der Waals surface area contributed by atoms with Crippen LogP contribution in [0.1, 0.15) is 35.4 Å². The van der Waals surface area contributed by atoms with Gasteiger partial charge in [0.2, 0.25) is 11.8 Å². The van der Waals surface area contributed by atoms with E-state index in [4.69, 9.17) is 5.73 Å². The highest BCUT2D eigenvalue weighted by Gasteiger charge is 2.26. The van der Waals surface area contributed by atoms with Gasteiger partial charge in [0, 0.05) is 0 Å². The number of rotatable bonds is 9. The van der Waals surface area contributed by atoms with Gasteiger partial charge in [0.1, 0.15) is 6.04 Å². The second-order valence-corrected chi connectivity index (χ2v) is 7.10. The maximum atomic E-state index is 13.2. The number of aryl methyl sites for hydroxylation is 1. The van der Waals surface area contributed by atoms with Crippen LogP contribution < -0.4 is 11.1 Å². The first-order chi connectivity index (χ1) is 14.1. The van der Waals surface area contributed by atoms with Gasteiger partial charge in [0.25, 0.3) is 0 Å². The quantitative estimate of drug-likeness (QED) is 0.587. The molecular formula is C25H26N2O2. The molecular weight excluding hydrogens is 360 g/mol. The van der Waals surface area contributed by atoms with Crippen molar-refractivity contribution in [2.45, 2.75) is 31.2 Å². The summed E-state index contributed by atoms with van der Waals surface area (Å²) in [6.07, 6.45) is 2.10. The third-order valence-corrected chi connectivity index (χ3v) is 4.99. The Morgan fingerprint density at radius 1 is 0.759 bits per heavy atom. The molecule has 1 atom stereocenters. The Bertz CT molecular complexity index is 872. The summed E-state index contributed by atoms with van der Waals surface area (Å²) >= 11 is 0. The highest BCUT2D eigenvalue weighted by molar-refractivity contribution is 5.91. The highest BCUT2D eigenvalue weighted by Crippen LogP contribution is 2.25. The number of nitrogens with two attached hydrogens (primary N) is 1. The average Bonchev–Trinajstić information content (AvgIpc) is 2.75. The van der Waals surface area contributed by atoms with Gasteiger partial charge in [0.05, 0.1) is 5.92 Å². The van der Waals surface area contributed by atoms with Crippen LogP contribution in [0.25, 0.3) is 0 Å². The molecule has 0 fully saturated rings. The summed E-state index contributed by atoms with van der Waals surface area (Å²) in [7, 11) is 0. The van der Waals surface area contributed by atoms with Crippen molar-refractivity contribution in [2.75, 3.05) is 0 Å². The summed E-state index contributed by atoms with van der Waals surface area (Å²) in [6, 6.07) is 28.5. The minimum atomic E-state index is -0.693. The summed E-state index contributed by atoms with van der Waals surface area (Å²) in [5.41, 5.74) is 8.55. The molecule has 3 N–H and O–H groups in total. The minimum Gasteiger partial charge on any atom is -0.368 e. The Morgan fingerprint density at radius 2 is 1.24 bits per heavy atom. The molecule has 148 valence electrons. The van der Waals surface area contributed by atoms with Crippen LogP contribution in [0.3, 0.4) is 0 Å². The van der Waals surface area contributed by atoms with E-state index in [1.165, 1.54) is 5.56 Å². The molecule has 4 heteroatoms. The summed E-state index contributed by atoms with van der Waals surface area (Å²) in [4.78, 5) is 25.2. The Kier molecular flexibility index (Phi) is 7.17. The van der Waals surface area contributed by atoms with Crippen LogP contribution in [-0.4, -0.2) is 17.9 Å². The van der Waals surface area contributed by atoms with Crippen molar-refractivity contribution in [3.63, 3.8) is 0 Å².